The summed E-state index contributed by atoms with van der Waals surface area (Å²) in [5.74, 6) is -0.329. The molecule has 1 N–H and O–H groups in total. The third-order valence-corrected chi connectivity index (χ3v) is 7.49. The van der Waals surface area contributed by atoms with Crippen molar-refractivity contribution in [3.8, 4) is 17.2 Å². The molecule has 1 saturated heterocycles. The van der Waals surface area contributed by atoms with E-state index in [4.69, 9.17) is 5.26 Å². The molecule has 1 aliphatic heterocycles. The monoisotopic (exact) mass is 568 g/mol. The lowest BCUT2D eigenvalue weighted by atomic mass is 9.96. The predicted octanol–water partition coefficient (Wildman–Crippen LogP) is 7.32. The normalized spacial score (nSPS) is 13.9. The Labute approximate surface area is 243 Å². The first-order valence-corrected chi connectivity index (χ1v) is 13.8. The summed E-state index contributed by atoms with van der Waals surface area (Å²) >= 11 is 0. The number of rotatable bonds is 7. The van der Waals surface area contributed by atoms with Crippen molar-refractivity contribution in [1.29, 1.82) is 5.26 Å². The molecule has 0 bridgehead atoms. The van der Waals surface area contributed by atoms with E-state index in [1.165, 1.54) is 17.7 Å². The number of benzene rings is 4. The van der Waals surface area contributed by atoms with E-state index in [1.54, 1.807) is 6.07 Å². The zero-order valence-electron chi connectivity index (χ0n) is 23.3. The topological polar surface area (TPSA) is 59.4 Å². The zero-order valence-corrected chi connectivity index (χ0v) is 23.3. The number of aryl methyl sites for hydroxylation is 1. The van der Waals surface area contributed by atoms with Crippen molar-refractivity contribution >= 4 is 17.3 Å². The molecule has 0 aliphatic carbocycles. The largest absolute Gasteiger partial charge is 0.416 e. The van der Waals surface area contributed by atoms with Crippen LogP contribution in [0.5, 0.6) is 0 Å². The Balaban J connectivity index is 1.21. The van der Waals surface area contributed by atoms with Crippen LogP contribution in [0.25, 0.3) is 11.1 Å². The van der Waals surface area contributed by atoms with Gasteiger partial charge in [-0.05, 0) is 71.6 Å². The van der Waals surface area contributed by atoms with Crippen LogP contribution in [0, 0.1) is 18.3 Å². The van der Waals surface area contributed by atoms with Gasteiger partial charge in [0.05, 0.1) is 18.1 Å². The molecule has 0 atom stereocenters. The average Bonchev–Trinajstić information content (AvgIpc) is 2.98. The molecule has 4 aromatic rings. The molecule has 0 radical (unpaired) electrons. The highest BCUT2D eigenvalue weighted by Crippen LogP contribution is 2.32. The minimum atomic E-state index is -4.42. The lowest BCUT2D eigenvalue weighted by Gasteiger charge is -2.36. The van der Waals surface area contributed by atoms with E-state index in [-0.39, 0.29) is 5.91 Å². The van der Waals surface area contributed by atoms with Crippen molar-refractivity contribution in [2.24, 2.45) is 0 Å². The van der Waals surface area contributed by atoms with Crippen molar-refractivity contribution in [2.45, 2.75) is 26.1 Å². The fourth-order valence-electron chi connectivity index (χ4n) is 5.24. The number of nitrogens with one attached hydrogen (secondary N) is 1. The second kappa shape index (κ2) is 12.5. The number of anilines is 2. The summed E-state index contributed by atoms with van der Waals surface area (Å²) in [6.45, 7) is 6.32. The second-order valence-electron chi connectivity index (χ2n) is 10.5. The van der Waals surface area contributed by atoms with Crippen LogP contribution in [0.4, 0.5) is 24.5 Å². The van der Waals surface area contributed by atoms with E-state index in [2.05, 4.69) is 33.3 Å². The highest BCUT2D eigenvalue weighted by Gasteiger charge is 2.30. The number of hydrogen-bond donors (Lipinski definition) is 1. The summed E-state index contributed by atoms with van der Waals surface area (Å²) in [5.41, 5.74) is 5.65. The Hall–Kier alpha value is -4.61. The van der Waals surface area contributed by atoms with Crippen LogP contribution in [0.2, 0.25) is 0 Å². The summed E-state index contributed by atoms with van der Waals surface area (Å²) in [4.78, 5) is 18.0. The van der Waals surface area contributed by atoms with Crippen molar-refractivity contribution in [2.75, 3.05) is 36.4 Å². The minimum Gasteiger partial charge on any atom is -0.369 e. The summed E-state index contributed by atoms with van der Waals surface area (Å²) < 4.78 is 39.1. The summed E-state index contributed by atoms with van der Waals surface area (Å²) in [6.07, 6.45) is -4.00. The van der Waals surface area contributed by atoms with Crippen LogP contribution in [-0.2, 0) is 19.1 Å². The van der Waals surface area contributed by atoms with Crippen LogP contribution >= 0.6 is 0 Å². The van der Waals surface area contributed by atoms with E-state index >= 15 is 0 Å². The van der Waals surface area contributed by atoms with E-state index in [0.29, 0.717) is 28.8 Å². The number of nitrogens with zero attached hydrogens (tertiary/aromatic N) is 3. The fourth-order valence-corrected chi connectivity index (χ4v) is 5.24. The van der Waals surface area contributed by atoms with E-state index < -0.39 is 11.7 Å². The number of carbonyl (C=O) groups is 1. The second-order valence-corrected chi connectivity index (χ2v) is 10.5. The first-order valence-electron chi connectivity index (χ1n) is 13.8. The predicted molar refractivity (Wildman–Crippen MR) is 159 cm³/mol. The molecule has 0 aromatic heterocycles. The maximum atomic E-state index is 13.3. The van der Waals surface area contributed by atoms with Gasteiger partial charge in [0.1, 0.15) is 0 Å². The number of hydrogen-bond acceptors (Lipinski definition) is 4. The summed E-state index contributed by atoms with van der Waals surface area (Å²) in [5, 5.41) is 11.9. The van der Waals surface area contributed by atoms with Gasteiger partial charge >= 0.3 is 6.18 Å². The Kier molecular flexibility index (Phi) is 8.60. The number of alkyl halides is 3. The van der Waals surface area contributed by atoms with Gasteiger partial charge in [0.15, 0.2) is 0 Å². The minimum absolute atomic E-state index is 0.329. The summed E-state index contributed by atoms with van der Waals surface area (Å²) in [6, 6.07) is 28.3. The van der Waals surface area contributed by atoms with Crippen LogP contribution in [-0.4, -0.2) is 37.0 Å². The highest BCUT2D eigenvalue weighted by atomic mass is 19.4. The average molecular weight is 569 g/mol. The quantitative estimate of drug-likeness (QED) is 0.254. The maximum Gasteiger partial charge on any atom is 0.416 e. The summed E-state index contributed by atoms with van der Waals surface area (Å²) in [7, 11) is 0. The zero-order chi connectivity index (χ0) is 29.7. The molecule has 5 rings (SSSR count). The van der Waals surface area contributed by atoms with Crippen molar-refractivity contribution in [3.05, 3.63) is 119 Å². The van der Waals surface area contributed by atoms with E-state index in [0.717, 1.165) is 61.7 Å². The molecular weight excluding hydrogens is 537 g/mol. The fraction of sp³-hybridized carbons (Fsp3) is 0.235. The van der Waals surface area contributed by atoms with Crippen molar-refractivity contribution < 1.29 is 18.0 Å². The van der Waals surface area contributed by atoms with Crippen molar-refractivity contribution in [3.63, 3.8) is 0 Å². The van der Waals surface area contributed by atoms with Crippen LogP contribution in [0.15, 0.2) is 91.0 Å². The first kappa shape index (κ1) is 28.9. The van der Waals surface area contributed by atoms with Crippen molar-refractivity contribution in [1.82, 2.24) is 4.90 Å². The molecule has 8 heteroatoms. The van der Waals surface area contributed by atoms with Gasteiger partial charge < -0.3 is 10.2 Å². The smallest absolute Gasteiger partial charge is 0.369 e. The van der Waals surface area contributed by atoms with Gasteiger partial charge in [0.2, 0.25) is 0 Å². The molecular formula is C34H31F3N4O. The molecule has 4 aromatic carbocycles. The molecule has 0 unspecified atom stereocenters. The molecule has 0 saturated carbocycles. The first-order chi connectivity index (χ1) is 20.2. The molecule has 1 aliphatic rings. The van der Waals surface area contributed by atoms with E-state index in [1.807, 2.05) is 55.5 Å². The SMILES string of the molecule is Cc1ccc(C(=O)Nc2ccc(N3CCN(Cc4cccc(CC#N)c4)CC3)cc2)c(-c2ccc(C(F)(F)F)cc2)c1. The highest BCUT2D eigenvalue weighted by molar-refractivity contribution is 6.08. The maximum absolute atomic E-state index is 13.3. The molecule has 1 heterocycles. The number of halogens is 3. The van der Waals surface area contributed by atoms with Crippen LogP contribution < -0.4 is 10.2 Å². The van der Waals surface area contributed by atoms with Gasteiger partial charge in [-0.15, -0.1) is 0 Å². The number of piperazine rings is 1. The molecule has 5 nitrogen and oxygen atoms in total. The van der Waals surface area contributed by atoms with Gasteiger partial charge in [-0.25, -0.2) is 0 Å². The number of carbonyl (C=O) groups excluding carboxylic acids is 1. The molecule has 214 valence electrons. The van der Waals surface area contributed by atoms with Gasteiger partial charge in [0.25, 0.3) is 5.91 Å². The molecule has 0 spiro atoms. The van der Waals surface area contributed by atoms with Gasteiger partial charge in [-0.2, -0.15) is 18.4 Å². The third kappa shape index (κ3) is 6.99. The molecule has 1 amide bonds. The number of nitriles is 1. The third-order valence-electron chi connectivity index (χ3n) is 7.49. The Morgan fingerprint density at radius 1 is 0.881 bits per heavy atom. The lowest BCUT2D eigenvalue weighted by Crippen LogP contribution is -2.45. The Bertz CT molecular complexity index is 1580. The Morgan fingerprint density at radius 2 is 1.57 bits per heavy atom. The van der Waals surface area contributed by atoms with Gasteiger partial charge in [-0.1, -0.05) is 54.1 Å². The van der Waals surface area contributed by atoms with Crippen LogP contribution in [0.1, 0.15) is 32.6 Å². The van der Waals surface area contributed by atoms with Gasteiger partial charge in [-0.3, -0.25) is 9.69 Å². The Morgan fingerprint density at radius 3 is 2.24 bits per heavy atom. The lowest BCUT2D eigenvalue weighted by molar-refractivity contribution is -0.137. The van der Waals surface area contributed by atoms with Gasteiger partial charge in [0, 0.05) is 49.7 Å². The van der Waals surface area contributed by atoms with E-state index in [9.17, 15) is 18.0 Å². The standard InChI is InChI=1S/C34H31F3N4O/c1-24-5-14-31(32(21-24)27-6-8-28(9-7-27)34(35,36)37)33(42)39-29-10-12-30(13-11-29)41-19-17-40(18-20-41)23-26-4-2-3-25(22-26)15-16-38/h2-14,21-22H,15,17-20,23H2,1H3,(H,39,42). The number of amides is 1. The van der Waals surface area contributed by atoms with Crippen LogP contribution in [0.3, 0.4) is 0 Å². The molecule has 1 fully saturated rings. The molecule has 42 heavy (non-hydrogen) atoms.